The van der Waals surface area contributed by atoms with Gasteiger partial charge in [-0.05, 0) is 73.4 Å². The summed E-state index contributed by atoms with van der Waals surface area (Å²) in [4.78, 5) is 66.6. The van der Waals surface area contributed by atoms with Gasteiger partial charge in [-0.3, -0.25) is 14.4 Å². The van der Waals surface area contributed by atoms with Gasteiger partial charge in [0.1, 0.15) is 17.6 Å². The highest BCUT2D eigenvalue weighted by molar-refractivity contribution is 7.91. The molecule has 76 heavy (non-hydrogen) atoms. The molecule has 8 heterocycles. The van der Waals surface area contributed by atoms with Gasteiger partial charge in [-0.15, -0.1) is 11.3 Å². The van der Waals surface area contributed by atoms with E-state index in [0.29, 0.717) is 60.7 Å². The molecule has 4 aliphatic heterocycles. The number of ether oxygens (including phenoxy) is 1. The maximum atomic E-state index is 15.4. The number of sulfone groups is 1. The van der Waals surface area contributed by atoms with Crippen LogP contribution in [0.2, 0.25) is 0 Å². The second-order valence-electron chi connectivity index (χ2n) is 20.3. The number of hydrogen-bond acceptors (Lipinski definition) is 17. The summed E-state index contributed by atoms with van der Waals surface area (Å²) in [5, 5.41) is 21.3. The van der Waals surface area contributed by atoms with Crippen molar-refractivity contribution in [3.05, 3.63) is 133 Å². The number of anilines is 1. The number of thiazole rings is 1. The summed E-state index contributed by atoms with van der Waals surface area (Å²) in [6, 6.07) is 10.6. The summed E-state index contributed by atoms with van der Waals surface area (Å²) in [6.45, 7) is 8.47. The topological polar surface area (TPSA) is 236 Å². The molecule has 19 nitrogen and oxygen atoms in total. The Morgan fingerprint density at radius 1 is 1.09 bits per heavy atom. The summed E-state index contributed by atoms with van der Waals surface area (Å²) in [5.74, 6) is -3.48. The number of amides is 2. The van der Waals surface area contributed by atoms with Crippen molar-refractivity contribution in [2.45, 2.75) is 89.6 Å². The molecule has 0 spiro atoms. The molecule has 0 saturated carbocycles. The fraction of sp³-hybridized carbons (Fsp3) is 0.415. The first-order chi connectivity index (χ1) is 36.3. The smallest absolute Gasteiger partial charge is 0.260 e. The van der Waals surface area contributed by atoms with Crippen LogP contribution in [-0.4, -0.2) is 112 Å². The number of carbonyl (C=O) groups is 2. The first-order valence-electron chi connectivity index (χ1n) is 25.1. The lowest BCUT2D eigenvalue weighted by Crippen LogP contribution is -2.46. The van der Waals surface area contributed by atoms with E-state index in [0.717, 1.165) is 40.2 Å². The number of aryl methyl sites for hydroxylation is 2. The van der Waals surface area contributed by atoms with E-state index in [1.165, 1.54) is 21.9 Å². The van der Waals surface area contributed by atoms with Gasteiger partial charge in [0.25, 0.3) is 17.3 Å². The standard InChI is InChI=1S/C53H58F2N10O9S2/c1-28(2)42(52(69)65-24-33(66)21-39(65)48-60-53(4,74-62-48)31-12-10-30(11-13-31)47-29(3)59-27-75-47)40-22-41(61-73-40)72-19-9-7-8-16-57-50(67)43-35-25-64(49-37(55)20-32(54)23-58-49)38-14-17-56-46(44(35)38)45-34(15-18-63(5)51(45)68)36(43)26-76(6,70)71/h10-13,15,18,20,22-23,25,27-28,33,38-39,42,56,66H,7-9,14,16-17,19,21,24,26H2,1-6H3,(H,57,67)(H,60,62)/t33-,38?,39+,42-,53-/m1/s1. The third-order valence-electron chi connectivity index (χ3n) is 14.4. The predicted molar refractivity (Wildman–Crippen MR) is 280 cm³/mol. The molecule has 23 heteroatoms. The average molecular weight is 1080 g/mol. The van der Waals surface area contributed by atoms with Crippen molar-refractivity contribution in [2.75, 3.05) is 43.1 Å². The van der Waals surface area contributed by atoms with Crippen LogP contribution in [0.5, 0.6) is 5.88 Å². The lowest BCUT2D eigenvalue weighted by molar-refractivity contribution is -0.134. The predicted octanol–water partition coefficient (Wildman–Crippen LogP) is 5.64. The van der Waals surface area contributed by atoms with E-state index in [1.54, 1.807) is 35.4 Å². The number of nitrogens with one attached hydrogen (secondary N) is 3. The van der Waals surface area contributed by atoms with Gasteiger partial charge in [-0.2, -0.15) is 0 Å². The summed E-state index contributed by atoms with van der Waals surface area (Å²) >= 11 is 1.57. The van der Waals surface area contributed by atoms with Crippen LogP contribution in [0.25, 0.3) is 21.7 Å². The Hall–Kier alpha value is -7.08. The summed E-state index contributed by atoms with van der Waals surface area (Å²) in [7, 11) is -2.23. The first kappa shape index (κ1) is 52.4. The third-order valence-corrected chi connectivity index (χ3v) is 16.2. The number of amidine groups is 1. The molecule has 0 radical (unpaired) electrons. The zero-order valence-electron chi connectivity index (χ0n) is 42.7. The highest BCUT2D eigenvalue weighted by Gasteiger charge is 2.47. The highest BCUT2D eigenvalue weighted by Crippen LogP contribution is 2.47. The first-order valence-corrected chi connectivity index (χ1v) is 28.1. The van der Waals surface area contributed by atoms with E-state index < -0.39 is 68.5 Å². The molecule has 1 fully saturated rings. The molecule has 5 aromatic rings. The molecule has 5 atom stereocenters. The van der Waals surface area contributed by atoms with E-state index in [4.69, 9.17) is 19.1 Å². The van der Waals surface area contributed by atoms with Crippen LogP contribution in [-0.2, 0) is 37.0 Å². The number of fused-ring (bicyclic) bond motifs is 2. The van der Waals surface area contributed by atoms with Gasteiger partial charge in [-0.25, -0.2) is 42.5 Å². The van der Waals surface area contributed by atoms with Crippen LogP contribution in [0.15, 0.2) is 97.6 Å². The Bertz CT molecular complexity index is 3420. The molecule has 1 unspecified atom stereocenters. The van der Waals surface area contributed by atoms with Gasteiger partial charge in [-0.1, -0.05) is 38.1 Å². The minimum Gasteiger partial charge on any atom is -0.476 e. The highest BCUT2D eigenvalue weighted by atomic mass is 32.2. The molecule has 1 aliphatic carbocycles. The largest absolute Gasteiger partial charge is 0.476 e. The zero-order chi connectivity index (χ0) is 53.8. The maximum absolute atomic E-state index is 15.4. The zero-order valence-corrected chi connectivity index (χ0v) is 44.4. The molecular formula is C53H58F2N10O9S2. The Morgan fingerprint density at radius 2 is 1.88 bits per heavy atom. The Labute approximate surface area is 441 Å². The van der Waals surface area contributed by atoms with E-state index in [1.807, 2.05) is 57.5 Å². The number of nitrogens with zero attached hydrogens (tertiary/aromatic N) is 7. The van der Waals surface area contributed by atoms with Gasteiger partial charge >= 0.3 is 0 Å². The molecular weight excluding hydrogens is 1020 g/mol. The number of aliphatic hydroxyl groups is 1. The molecule has 5 aliphatic rings. The van der Waals surface area contributed by atoms with Crippen molar-refractivity contribution in [2.24, 2.45) is 18.0 Å². The number of hydrogen-bond donors (Lipinski definition) is 4. The fourth-order valence-electron chi connectivity index (χ4n) is 10.7. The van der Waals surface area contributed by atoms with Gasteiger partial charge in [0.2, 0.25) is 11.6 Å². The van der Waals surface area contributed by atoms with Crippen molar-refractivity contribution < 1.29 is 46.0 Å². The number of aromatic nitrogens is 4. The second kappa shape index (κ2) is 20.8. The number of carbonyl (C=O) groups excluding carboxylic acids is 2. The summed E-state index contributed by atoms with van der Waals surface area (Å²) < 4.78 is 68.8. The summed E-state index contributed by atoms with van der Waals surface area (Å²) in [5.41, 5.74) is 7.87. The van der Waals surface area contributed by atoms with E-state index in [9.17, 15) is 32.3 Å². The minimum atomic E-state index is -3.81. The number of rotatable bonds is 17. The van der Waals surface area contributed by atoms with Crippen molar-refractivity contribution in [1.29, 1.82) is 0 Å². The molecule has 400 valence electrons. The fourth-order valence-corrected chi connectivity index (χ4v) is 12.4. The lowest BCUT2D eigenvalue weighted by atomic mass is 9.89. The van der Waals surface area contributed by atoms with E-state index >= 15 is 4.39 Å². The molecule has 2 amide bonds. The number of pyridine rings is 2. The summed E-state index contributed by atoms with van der Waals surface area (Å²) in [6.07, 6.45) is 6.48. The van der Waals surface area contributed by atoms with Gasteiger partial charge < -0.3 is 39.4 Å². The van der Waals surface area contributed by atoms with Crippen LogP contribution in [0, 0.1) is 24.5 Å². The van der Waals surface area contributed by atoms with Crippen molar-refractivity contribution in [1.82, 2.24) is 40.7 Å². The quantitative estimate of drug-likeness (QED) is 0.0825. The number of β-amino-alcohol motifs (C(OH)–C–C–N with tert-alkyl or cyclic N) is 1. The molecule has 4 aromatic heterocycles. The number of aliphatic imine (C=N–C) groups is 1. The normalized spacial score (nSPS) is 21.5. The number of aliphatic hydroxyl groups excluding tert-OH is 1. The van der Waals surface area contributed by atoms with E-state index in [2.05, 4.69) is 31.2 Å². The SMILES string of the molecule is Cc1ncsc1-c1ccc([C@]2(C)N=C([C@@H]3C[C@@H](O)CN3C(=O)[C@@H](c3cc(OCCCCCNC(=O)C4=C(CS(C)(=O)=O)c5ccn(C)c(=O)c5C5=C6C4=CN(c4ncc(F)cc4F)C6CCN5)no3)C(C)C)NO2)cc1. The van der Waals surface area contributed by atoms with Crippen LogP contribution < -0.4 is 31.3 Å². The van der Waals surface area contributed by atoms with E-state index in [-0.39, 0.29) is 71.9 Å². The maximum Gasteiger partial charge on any atom is 0.260 e. The van der Waals surface area contributed by atoms with Crippen LogP contribution >= 0.6 is 11.3 Å². The third kappa shape index (κ3) is 10.1. The Balaban J connectivity index is 0.791. The molecule has 1 aromatic carbocycles. The number of halogens is 2. The van der Waals surface area contributed by atoms with Gasteiger partial charge in [0.15, 0.2) is 27.2 Å². The van der Waals surface area contributed by atoms with Gasteiger partial charge in [0.05, 0.1) is 69.7 Å². The molecule has 4 N–H and O–H groups in total. The number of hydroxylamine groups is 1. The van der Waals surface area contributed by atoms with Crippen molar-refractivity contribution >= 4 is 55.9 Å². The van der Waals surface area contributed by atoms with Crippen LogP contribution in [0.3, 0.4) is 0 Å². The average Bonchev–Trinajstić information content (AvgIpc) is 4.28. The number of unbranched alkanes of at least 4 members (excludes halogenated alkanes) is 2. The Morgan fingerprint density at radius 3 is 2.61 bits per heavy atom. The Kier molecular flexibility index (Phi) is 14.3. The number of likely N-dealkylation sites (tertiary alicyclic amines) is 1. The minimum absolute atomic E-state index is 0.0182. The number of benzene rings is 1. The second-order valence-corrected chi connectivity index (χ2v) is 23.2. The van der Waals surface area contributed by atoms with Crippen LogP contribution in [0.4, 0.5) is 14.6 Å². The van der Waals surface area contributed by atoms with Gasteiger partial charge in [0, 0.05) is 80.6 Å². The monoisotopic (exact) mass is 1080 g/mol. The van der Waals surface area contributed by atoms with Crippen molar-refractivity contribution in [3.63, 3.8) is 0 Å². The lowest BCUT2D eigenvalue weighted by Gasteiger charge is -2.32. The molecule has 10 rings (SSSR count). The van der Waals surface area contributed by atoms with Crippen molar-refractivity contribution in [3.8, 4) is 16.3 Å². The molecule has 0 bridgehead atoms. The molecule has 1 saturated heterocycles. The van der Waals surface area contributed by atoms with Crippen LogP contribution in [0.1, 0.15) is 86.9 Å².